The minimum absolute atomic E-state index is 0.204. The highest BCUT2D eigenvalue weighted by atomic mass is 35.5. The summed E-state index contributed by atoms with van der Waals surface area (Å²) < 4.78 is 0. The molecule has 0 saturated carbocycles. The minimum Gasteiger partial charge on any atom is -0.398 e. The first-order valence-corrected chi connectivity index (χ1v) is 5.07. The van der Waals surface area contributed by atoms with Gasteiger partial charge in [-0.3, -0.25) is 0 Å². The van der Waals surface area contributed by atoms with E-state index in [4.69, 9.17) is 28.9 Å². The summed E-state index contributed by atoms with van der Waals surface area (Å²) >= 11 is 11.2. The van der Waals surface area contributed by atoms with E-state index in [2.05, 4.69) is 5.32 Å². The van der Waals surface area contributed by atoms with E-state index >= 15 is 0 Å². The number of aliphatic hydroxyl groups excluding tert-OH is 1. The summed E-state index contributed by atoms with van der Waals surface area (Å²) in [7, 11) is 0. The fraction of sp³-hybridized carbons (Fsp3) is 0.333. The Labute approximate surface area is 92.8 Å². The zero-order chi connectivity index (χ0) is 10.6. The lowest BCUT2D eigenvalue weighted by molar-refractivity contribution is 0.211. The molecule has 0 fully saturated rings. The zero-order valence-corrected chi connectivity index (χ0v) is 9.02. The van der Waals surface area contributed by atoms with Crippen LogP contribution in [0.4, 0.5) is 11.4 Å². The lowest BCUT2D eigenvalue weighted by Crippen LogP contribution is -2.20. The number of nitrogens with one attached hydrogen (secondary N) is 1. The normalized spacial score (nSPS) is 12.5. The van der Waals surface area contributed by atoms with Gasteiger partial charge in [0.05, 0.1) is 22.7 Å². The molecule has 0 aliphatic heterocycles. The standard InChI is InChI=1S/C9H12Cl2N2O/c10-4-7(14)5-13-6-1-2-9(12)8(11)3-6/h1-3,7,13-14H,4-5,12H2. The second-order valence-corrected chi connectivity index (χ2v) is 3.64. The van der Waals surface area contributed by atoms with Crippen LogP contribution in [0.1, 0.15) is 0 Å². The van der Waals surface area contributed by atoms with Crippen LogP contribution in [0.25, 0.3) is 0 Å². The number of nitrogen functional groups attached to an aromatic ring is 1. The molecule has 1 unspecified atom stereocenters. The molecular formula is C9H12Cl2N2O. The van der Waals surface area contributed by atoms with Crippen LogP contribution in [-0.2, 0) is 0 Å². The fourth-order valence-corrected chi connectivity index (χ4v) is 1.22. The SMILES string of the molecule is Nc1ccc(NCC(O)CCl)cc1Cl. The molecule has 3 nitrogen and oxygen atoms in total. The van der Waals surface area contributed by atoms with Gasteiger partial charge in [0.25, 0.3) is 0 Å². The van der Waals surface area contributed by atoms with Crippen LogP contribution in [0, 0.1) is 0 Å². The van der Waals surface area contributed by atoms with Crippen molar-refractivity contribution in [1.29, 1.82) is 0 Å². The Morgan fingerprint density at radius 2 is 2.21 bits per heavy atom. The molecule has 0 aliphatic carbocycles. The van der Waals surface area contributed by atoms with Gasteiger partial charge in [-0.25, -0.2) is 0 Å². The average Bonchev–Trinajstić information content (AvgIpc) is 2.19. The van der Waals surface area contributed by atoms with Gasteiger partial charge in [-0.05, 0) is 18.2 Å². The molecule has 0 bridgehead atoms. The molecule has 78 valence electrons. The highest BCUT2D eigenvalue weighted by molar-refractivity contribution is 6.33. The van der Waals surface area contributed by atoms with E-state index < -0.39 is 6.10 Å². The van der Waals surface area contributed by atoms with Crippen molar-refractivity contribution in [2.24, 2.45) is 0 Å². The van der Waals surface area contributed by atoms with E-state index in [-0.39, 0.29) is 5.88 Å². The van der Waals surface area contributed by atoms with E-state index in [1.54, 1.807) is 18.2 Å². The van der Waals surface area contributed by atoms with Crippen LogP contribution in [-0.4, -0.2) is 23.6 Å². The lowest BCUT2D eigenvalue weighted by Gasteiger charge is -2.10. The summed E-state index contributed by atoms with van der Waals surface area (Å²) in [6.45, 7) is 0.393. The van der Waals surface area contributed by atoms with Gasteiger partial charge >= 0.3 is 0 Å². The molecule has 5 heteroatoms. The molecule has 0 amide bonds. The predicted octanol–water partition coefficient (Wildman–Crippen LogP) is 1.93. The monoisotopic (exact) mass is 234 g/mol. The maximum atomic E-state index is 9.19. The van der Waals surface area contributed by atoms with Crippen molar-refractivity contribution in [2.45, 2.75) is 6.10 Å². The molecule has 0 aliphatic rings. The summed E-state index contributed by atoms with van der Waals surface area (Å²) in [5, 5.41) is 12.7. The Morgan fingerprint density at radius 1 is 1.50 bits per heavy atom. The van der Waals surface area contributed by atoms with Crippen LogP contribution in [0.15, 0.2) is 18.2 Å². The summed E-state index contributed by atoms with van der Waals surface area (Å²) in [5.41, 5.74) is 6.89. The second kappa shape index (κ2) is 5.29. The third kappa shape index (κ3) is 3.25. The molecule has 14 heavy (non-hydrogen) atoms. The van der Waals surface area contributed by atoms with E-state index in [1.807, 2.05) is 0 Å². The van der Waals surface area contributed by atoms with Crippen molar-refractivity contribution in [3.05, 3.63) is 23.2 Å². The van der Waals surface area contributed by atoms with Gasteiger partial charge in [-0.2, -0.15) is 0 Å². The quantitative estimate of drug-likeness (QED) is 0.552. The van der Waals surface area contributed by atoms with Crippen LogP contribution < -0.4 is 11.1 Å². The lowest BCUT2D eigenvalue weighted by atomic mass is 10.2. The molecule has 0 heterocycles. The number of rotatable bonds is 4. The predicted molar refractivity (Wildman–Crippen MR) is 61.1 cm³/mol. The zero-order valence-electron chi connectivity index (χ0n) is 7.50. The minimum atomic E-state index is -0.562. The van der Waals surface area contributed by atoms with Gasteiger partial charge in [-0.15, -0.1) is 11.6 Å². The Hall–Kier alpha value is -0.640. The van der Waals surface area contributed by atoms with E-state index in [9.17, 15) is 5.11 Å². The number of nitrogens with two attached hydrogens (primary N) is 1. The molecule has 4 N–H and O–H groups in total. The van der Waals surface area contributed by atoms with Crippen LogP contribution >= 0.6 is 23.2 Å². The fourth-order valence-electron chi connectivity index (χ4n) is 0.927. The van der Waals surface area contributed by atoms with E-state index in [0.717, 1.165) is 5.69 Å². The Bertz CT molecular complexity index is 307. The topological polar surface area (TPSA) is 58.3 Å². The Kier molecular flexibility index (Phi) is 4.32. The van der Waals surface area contributed by atoms with Gasteiger partial charge in [0, 0.05) is 12.2 Å². The van der Waals surface area contributed by atoms with E-state index in [0.29, 0.717) is 17.3 Å². The first kappa shape index (κ1) is 11.4. The van der Waals surface area contributed by atoms with Crippen molar-refractivity contribution in [3.63, 3.8) is 0 Å². The number of hydrogen-bond acceptors (Lipinski definition) is 3. The number of aliphatic hydroxyl groups is 1. The third-order valence-electron chi connectivity index (χ3n) is 1.72. The smallest absolute Gasteiger partial charge is 0.0847 e. The molecule has 0 spiro atoms. The summed E-state index contributed by atoms with van der Waals surface area (Å²) in [6, 6.07) is 5.21. The summed E-state index contributed by atoms with van der Waals surface area (Å²) in [5.74, 6) is 0.204. The number of halogens is 2. The molecule has 1 atom stereocenters. The highest BCUT2D eigenvalue weighted by Gasteiger charge is 2.02. The Morgan fingerprint density at radius 3 is 2.79 bits per heavy atom. The molecule has 1 aromatic carbocycles. The number of hydrogen-bond donors (Lipinski definition) is 3. The number of benzene rings is 1. The average molecular weight is 235 g/mol. The van der Waals surface area contributed by atoms with Gasteiger partial charge in [0.2, 0.25) is 0 Å². The first-order valence-electron chi connectivity index (χ1n) is 4.16. The third-order valence-corrected chi connectivity index (χ3v) is 2.40. The van der Waals surface area contributed by atoms with Gasteiger partial charge in [0.15, 0.2) is 0 Å². The van der Waals surface area contributed by atoms with Crippen molar-refractivity contribution in [3.8, 4) is 0 Å². The van der Waals surface area contributed by atoms with Crippen molar-refractivity contribution >= 4 is 34.6 Å². The molecule has 1 aromatic rings. The van der Waals surface area contributed by atoms with Gasteiger partial charge < -0.3 is 16.2 Å². The molecular weight excluding hydrogens is 223 g/mol. The maximum absolute atomic E-state index is 9.19. The first-order chi connectivity index (χ1) is 6.63. The van der Waals surface area contributed by atoms with Crippen LogP contribution in [0.2, 0.25) is 5.02 Å². The Balaban J connectivity index is 2.55. The molecule has 1 rings (SSSR count). The highest BCUT2D eigenvalue weighted by Crippen LogP contribution is 2.22. The van der Waals surface area contributed by atoms with Gasteiger partial charge in [-0.1, -0.05) is 11.6 Å². The molecule has 0 saturated heterocycles. The summed E-state index contributed by atoms with van der Waals surface area (Å²) in [6.07, 6.45) is -0.562. The van der Waals surface area contributed by atoms with E-state index in [1.165, 1.54) is 0 Å². The van der Waals surface area contributed by atoms with Crippen LogP contribution in [0.3, 0.4) is 0 Å². The van der Waals surface area contributed by atoms with Crippen molar-refractivity contribution in [2.75, 3.05) is 23.5 Å². The molecule has 0 aromatic heterocycles. The number of anilines is 2. The second-order valence-electron chi connectivity index (χ2n) is 2.93. The van der Waals surface area contributed by atoms with Crippen LogP contribution in [0.5, 0.6) is 0 Å². The van der Waals surface area contributed by atoms with Crippen molar-refractivity contribution < 1.29 is 5.11 Å². The summed E-state index contributed by atoms with van der Waals surface area (Å²) in [4.78, 5) is 0. The van der Waals surface area contributed by atoms with Crippen molar-refractivity contribution in [1.82, 2.24) is 0 Å². The van der Waals surface area contributed by atoms with Gasteiger partial charge in [0.1, 0.15) is 0 Å². The maximum Gasteiger partial charge on any atom is 0.0847 e. The number of alkyl halides is 1. The largest absolute Gasteiger partial charge is 0.398 e. The molecule has 0 radical (unpaired) electrons.